The van der Waals surface area contributed by atoms with Gasteiger partial charge in [-0.15, -0.1) is 10.2 Å². The number of hydrogen-bond acceptors (Lipinski definition) is 13. The molecule has 15 heteroatoms. The zero-order valence-corrected chi connectivity index (χ0v) is 28.7. The quantitative estimate of drug-likeness (QED) is 0.199. The molecule has 49 heavy (non-hydrogen) atoms. The highest BCUT2D eigenvalue weighted by Crippen LogP contribution is 2.41. The van der Waals surface area contributed by atoms with Gasteiger partial charge in [-0.25, -0.2) is 19.3 Å². The molecule has 1 saturated heterocycles. The summed E-state index contributed by atoms with van der Waals surface area (Å²) in [6.07, 6.45) is 13.0. The lowest BCUT2D eigenvalue weighted by atomic mass is 9.87. The van der Waals surface area contributed by atoms with Crippen molar-refractivity contribution in [1.29, 1.82) is 5.26 Å². The Kier molecular flexibility index (Phi) is 10.7. The third-order valence-corrected chi connectivity index (χ3v) is 9.35. The van der Waals surface area contributed by atoms with Gasteiger partial charge >= 0.3 is 0 Å². The Labute approximate surface area is 286 Å². The van der Waals surface area contributed by atoms with Crippen LogP contribution in [-0.2, 0) is 21.7 Å². The molecule has 1 N–H and O–H groups in total. The molecule has 1 saturated carbocycles. The maximum atomic E-state index is 9.70. The molecule has 1 aliphatic carbocycles. The summed E-state index contributed by atoms with van der Waals surface area (Å²) in [5.74, 6) is 1.38. The third kappa shape index (κ3) is 8.15. The number of nitrogens with zero attached hydrogens (tertiary/aromatic N) is 10. The van der Waals surface area contributed by atoms with Crippen LogP contribution >= 0.6 is 0 Å². The van der Waals surface area contributed by atoms with Crippen molar-refractivity contribution in [2.24, 2.45) is 0 Å². The highest BCUT2D eigenvalue weighted by molar-refractivity contribution is 5.67. The summed E-state index contributed by atoms with van der Waals surface area (Å²) in [6, 6.07) is 7.62. The molecule has 6 rings (SSSR count). The van der Waals surface area contributed by atoms with Crippen molar-refractivity contribution in [2.45, 2.75) is 83.2 Å². The number of benzene rings is 1. The van der Waals surface area contributed by atoms with Crippen molar-refractivity contribution in [3.63, 3.8) is 0 Å². The lowest BCUT2D eigenvalue weighted by molar-refractivity contribution is -0.0837. The number of hydrogen-bond donors (Lipinski definition) is 1. The van der Waals surface area contributed by atoms with E-state index in [2.05, 4.69) is 46.5 Å². The second-order valence-electron chi connectivity index (χ2n) is 13.2. The summed E-state index contributed by atoms with van der Waals surface area (Å²) < 4.78 is 27.4. The number of ether oxygens (including phenoxy) is 4. The molecule has 2 aliphatic rings. The Morgan fingerprint density at radius 3 is 2.57 bits per heavy atom. The molecule has 1 atom stereocenters. The fourth-order valence-corrected chi connectivity index (χ4v) is 6.38. The SMILES string of the molecule is COC(C)(C)CCOc1nn(C2(N3CCOCC3)CCCCC2)cc1Nc1ncc(-c2ccc(C#N)c(OC(C)Cn3cnnn3)c2)cn1. The van der Waals surface area contributed by atoms with Crippen LogP contribution in [0.25, 0.3) is 11.1 Å². The molecule has 1 unspecified atom stereocenters. The molecule has 15 nitrogen and oxygen atoms in total. The van der Waals surface area contributed by atoms with Gasteiger partial charge in [-0.3, -0.25) is 4.90 Å². The normalized spacial score (nSPS) is 17.3. The summed E-state index contributed by atoms with van der Waals surface area (Å²) in [7, 11) is 1.71. The number of nitriles is 1. The van der Waals surface area contributed by atoms with Crippen LogP contribution in [0.15, 0.2) is 43.1 Å². The third-order valence-electron chi connectivity index (χ3n) is 9.35. The standard InChI is InChI=1S/C34H45N11O4/c1-25(22-44-24-38-41-42-44)49-30-18-26(8-9-27(30)19-35)28-20-36-32(37-21-28)39-29-23-45(40-31(29)48-15-12-33(2,3)46-4)34(10-6-5-7-11-34)43-13-16-47-17-14-43/h8-9,18,20-21,23-25H,5-7,10-17,22H2,1-4H3,(H,36,37,39). The Hall–Kier alpha value is -4.65. The first-order chi connectivity index (χ1) is 23.8. The first-order valence-electron chi connectivity index (χ1n) is 16.9. The molecule has 0 spiro atoms. The van der Waals surface area contributed by atoms with Crippen LogP contribution in [0.1, 0.15) is 64.9 Å². The van der Waals surface area contributed by atoms with Crippen molar-refractivity contribution >= 4 is 11.6 Å². The maximum Gasteiger partial charge on any atom is 0.257 e. The molecule has 0 amide bonds. The van der Waals surface area contributed by atoms with Crippen LogP contribution in [0, 0.1) is 11.3 Å². The van der Waals surface area contributed by atoms with Gasteiger partial charge in [0.2, 0.25) is 5.95 Å². The van der Waals surface area contributed by atoms with Crippen LogP contribution in [0.2, 0.25) is 0 Å². The fraction of sp³-hybridized carbons (Fsp3) is 0.559. The smallest absolute Gasteiger partial charge is 0.257 e. The average molecular weight is 672 g/mol. The first kappa shape index (κ1) is 34.2. The van der Waals surface area contributed by atoms with Crippen LogP contribution in [0.4, 0.5) is 11.6 Å². The first-order valence-corrected chi connectivity index (χ1v) is 16.9. The molecule has 3 aromatic heterocycles. The number of aromatic nitrogens is 8. The molecule has 0 bridgehead atoms. The topological polar surface area (TPSA) is 163 Å². The van der Waals surface area contributed by atoms with Crippen molar-refractivity contribution in [3.05, 3.63) is 48.7 Å². The maximum absolute atomic E-state index is 9.70. The van der Waals surface area contributed by atoms with Gasteiger partial charge in [0.15, 0.2) is 0 Å². The summed E-state index contributed by atoms with van der Waals surface area (Å²) >= 11 is 0. The second-order valence-corrected chi connectivity index (χ2v) is 13.2. The van der Waals surface area contributed by atoms with Crippen LogP contribution in [0.5, 0.6) is 11.6 Å². The van der Waals surface area contributed by atoms with E-state index in [0.717, 1.165) is 63.1 Å². The molecule has 1 aromatic carbocycles. The minimum Gasteiger partial charge on any atom is -0.487 e. The molecule has 4 aromatic rings. The number of nitrogens with one attached hydrogen (secondary N) is 1. The van der Waals surface area contributed by atoms with Crippen LogP contribution < -0.4 is 14.8 Å². The molecule has 2 fully saturated rings. The molecule has 4 heterocycles. The predicted octanol–water partition coefficient (Wildman–Crippen LogP) is 4.55. The van der Waals surface area contributed by atoms with E-state index in [1.807, 2.05) is 39.1 Å². The minimum atomic E-state index is -0.323. The van der Waals surface area contributed by atoms with Crippen LogP contribution in [-0.4, -0.2) is 96.6 Å². The number of methoxy groups -OCH3 is 1. The van der Waals surface area contributed by atoms with Crippen molar-refractivity contribution in [1.82, 2.24) is 44.9 Å². The summed E-state index contributed by atoms with van der Waals surface area (Å²) in [5.41, 5.74) is 2.16. The number of tetrazole rings is 1. The lowest BCUT2D eigenvalue weighted by Gasteiger charge is -2.47. The summed E-state index contributed by atoms with van der Waals surface area (Å²) in [4.78, 5) is 11.8. The van der Waals surface area contributed by atoms with Gasteiger partial charge in [0, 0.05) is 44.6 Å². The van der Waals surface area contributed by atoms with E-state index in [1.165, 1.54) is 12.7 Å². The van der Waals surface area contributed by atoms with Crippen molar-refractivity contribution in [2.75, 3.05) is 45.3 Å². The van der Waals surface area contributed by atoms with Gasteiger partial charge in [0.25, 0.3) is 5.88 Å². The van der Waals surface area contributed by atoms with Gasteiger partial charge in [-0.1, -0.05) is 12.5 Å². The van der Waals surface area contributed by atoms with Gasteiger partial charge < -0.3 is 24.3 Å². The van der Waals surface area contributed by atoms with E-state index in [9.17, 15) is 5.26 Å². The monoisotopic (exact) mass is 671 g/mol. The lowest BCUT2D eigenvalue weighted by Crippen LogP contribution is -2.56. The van der Waals surface area contributed by atoms with E-state index in [1.54, 1.807) is 30.3 Å². The van der Waals surface area contributed by atoms with Crippen molar-refractivity contribution < 1.29 is 18.9 Å². The molecule has 260 valence electrons. The number of anilines is 2. The molecule has 0 radical (unpaired) electrons. The molecular formula is C34H45N11O4. The Morgan fingerprint density at radius 2 is 1.88 bits per heavy atom. The summed E-state index contributed by atoms with van der Waals surface area (Å²) in [6.45, 7) is 10.0. The van der Waals surface area contributed by atoms with E-state index < -0.39 is 0 Å². The van der Waals surface area contributed by atoms with E-state index in [4.69, 9.17) is 24.0 Å². The van der Waals surface area contributed by atoms with Gasteiger partial charge in [0.1, 0.15) is 35.6 Å². The molecule has 1 aliphatic heterocycles. The Bertz CT molecular complexity index is 1690. The predicted molar refractivity (Wildman–Crippen MR) is 180 cm³/mol. The zero-order chi connectivity index (χ0) is 34.3. The number of rotatable bonds is 14. The second kappa shape index (κ2) is 15.3. The van der Waals surface area contributed by atoms with E-state index in [0.29, 0.717) is 48.4 Å². The van der Waals surface area contributed by atoms with Gasteiger partial charge in [0.05, 0.1) is 43.7 Å². The van der Waals surface area contributed by atoms with Gasteiger partial charge in [-0.05, 0) is 74.6 Å². The van der Waals surface area contributed by atoms with Crippen molar-refractivity contribution in [3.8, 4) is 28.8 Å². The minimum absolute atomic E-state index is 0.240. The van der Waals surface area contributed by atoms with E-state index in [-0.39, 0.29) is 17.4 Å². The van der Waals surface area contributed by atoms with E-state index >= 15 is 0 Å². The Balaban J connectivity index is 1.23. The molecular weight excluding hydrogens is 626 g/mol. The summed E-state index contributed by atoms with van der Waals surface area (Å²) in [5, 5.41) is 29.3. The van der Waals surface area contributed by atoms with Crippen LogP contribution in [0.3, 0.4) is 0 Å². The largest absolute Gasteiger partial charge is 0.487 e. The Morgan fingerprint density at radius 1 is 1.10 bits per heavy atom. The highest BCUT2D eigenvalue weighted by Gasteiger charge is 2.42. The fourth-order valence-electron chi connectivity index (χ4n) is 6.38. The highest BCUT2D eigenvalue weighted by atomic mass is 16.5. The van der Waals surface area contributed by atoms with Gasteiger partial charge in [-0.2, -0.15) is 5.26 Å². The average Bonchev–Trinajstić information content (AvgIpc) is 3.79. The zero-order valence-electron chi connectivity index (χ0n) is 28.7. The number of morpholine rings is 1.